The lowest BCUT2D eigenvalue weighted by molar-refractivity contribution is -0.120. The molecule has 0 radical (unpaired) electrons. The summed E-state index contributed by atoms with van der Waals surface area (Å²) in [6.07, 6.45) is 1.56. The molecule has 4 nitrogen and oxygen atoms in total. The van der Waals surface area contributed by atoms with Crippen LogP contribution in [0.3, 0.4) is 0 Å². The molecule has 0 saturated carbocycles. The lowest BCUT2D eigenvalue weighted by Crippen LogP contribution is -2.45. The predicted octanol–water partition coefficient (Wildman–Crippen LogP) is 2.78. The van der Waals surface area contributed by atoms with E-state index in [1.54, 1.807) is 12.1 Å². The second-order valence-corrected chi connectivity index (χ2v) is 7.40. The maximum Gasteiger partial charge on any atom is 0.224 e. The number of piperidine rings is 1. The van der Waals surface area contributed by atoms with E-state index >= 15 is 0 Å². The molecule has 0 atom stereocenters. The fourth-order valence-corrected chi connectivity index (χ4v) is 3.55. The summed E-state index contributed by atoms with van der Waals surface area (Å²) in [6.45, 7) is 4.93. The average molecular weight is 370 g/mol. The largest absolute Gasteiger partial charge is 0.385 e. The maximum atomic E-state index is 13.2. The van der Waals surface area contributed by atoms with E-state index in [4.69, 9.17) is 0 Å². The van der Waals surface area contributed by atoms with E-state index in [1.165, 1.54) is 17.7 Å². The zero-order valence-corrected chi connectivity index (χ0v) is 15.7. The van der Waals surface area contributed by atoms with Crippen LogP contribution in [0.2, 0.25) is 0 Å². The molecule has 27 heavy (non-hydrogen) atoms. The number of amides is 1. The Balaban J connectivity index is 1.40. The number of hydrogen-bond acceptors (Lipinski definition) is 3. The zero-order valence-electron chi connectivity index (χ0n) is 15.7. The summed E-state index contributed by atoms with van der Waals surface area (Å²) in [7, 11) is 0. The number of aryl methyl sites for hydroxylation is 1. The standard InChI is InChI=1S/C22H27FN2O2/c1-17-5-7-19(8-6-17)22(27)9-12-25(13-10-22)14-11-24-21(26)16-18-3-2-4-20(23)15-18/h2-8,15,27H,9-14,16H2,1H3,(H,24,26). The maximum absolute atomic E-state index is 13.2. The number of halogens is 1. The fraction of sp³-hybridized carbons (Fsp3) is 0.409. The minimum absolute atomic E-state index is 0.103. The zero-order chi connectivity index (χ0) is 19.3. The number of nitrogens with zero attached hydrogens (tertiary/aromatic N) is 1. The first-order valence-corrected chi connectivity index (χ1v) is 9.48. The Hall–Kier alpha value is -2.24. The van der Waals surface area contributed by atoms with Crippen LogP contribution in [0, 0.1) is 12.7 Å². The number of nitrogens with one attached hydrogen (secondary N) is 1. The topological polar surface area (TPSA) is 52.6 Å². The molecule has 1 heterocycles. The van der Waals surface area contributed by atoms with Gasteiger partial charge in [-0.1, -0.05) is 42.0 Å². The Labute approximate surface area is 160 Å². The van der Waals surface area contributed by atoms with Crippen molar-refractivity contribution in [3.8, 4) is 0 Å². The molecule has 5 heteroatoms. The van der Waals surface area contributed by atoms with Crippen molar-refractivity contribution in [2.75, 3.05) is 26.2 Å². The van der Waals surface area contributed by atoms with Gasteiger partial charge in [0.25, 0.3) is 0 Å². The second kappa shape index (κ2) is 8.63. The molecule has 1 amide bonds. The van der Waals surface area contributed by atoms with Crippen LogP contribution in [-0.4, -0.2) is 42.1 Å². The normalized spacial score (nSPS) is 16.9. The molecule has 1 aliphatic heterocycles. The van der Waals surface area contributed by atoms with Gasteiger partial charge in [0.2, 0.25) is 5.91 Å². The van der Waals surface area contributed by atoms with Gasteiger partial charge >= 0.3 is 0 Å². The highest BCUT2D eigenvalue weighted by Crippen LogP contribution is 2.32. The molecule has 0 bridgehead atoms. The highest BCUT2D eigenvalue weighted by atomic mass is 19.1. The number of hydrogen-bond donors (Lipinski definition) is 2. The fourth-order valence-electron chi connectivity index (χ4n) is 3.55. The van der Waals surface area contributed by atoms with Crippen molar-refractivity contribution in [2.45, 2.75) is 31.8 Å². The Morgan fingerprint density at radius 2 is 1.89 bits per heavy atom. The van der Waals surface area contributed by atoms with Gasteiger partial charge < -0.3 is 15.3 Å². The van der Waals surface area contributed by atoms with Crippen LogP contribution in [0.15, 0.2) is 48.5 Å². The van der Waals surface area contributed by atoms with Gasteiger partial charge in [0.1, 0.15) is 5.82 Å². The Morgan fingerprint density at radius 3 is 2.56 bits per heavy atom. The first-order valence-electron chi connectivity index (χ1n) is 9.48. The Bertz CT molecular complexity index is 768. The average Bonchev–Trinajstić information content (AvgIpc) is 2.64. The number of benzene rings is 2. The molecule has 1 aliphatic rings. The number of likely N-dealkylation sites (tertiary alicyclic amines) is 1. The molecule has 1 saturated heterocycles. The summed E-state index contributed by atoms with van der Waals surface area (Å²) in [5, 5.41) is 13.8. The van der Waals surface area contributed by atoms with Crippen molar-refractivity contribution in [3.63, 3.8) is 0 Å². The van der Waals surface area contributed by atoms with E-state index in [0.29, 0.717) is 24.9 Å². The second-order valence-electron chi connectivity index (χ2n) is 7.40. The molecule has 2 N–H and O–H groups in total. The molecule has 0 spiro atoms. The van der Waals surface area contributed by atoms with Crippen LogP contribution in [0.1, 0.15) is 29.5 Å². The third-order valence-electron chi connectivity index (χ3n) is 5.28. The van der Waals surface area contributed by atoms with Crippen molar-refractivity contribution < 1.29 is 14.3 Å². The number of carbonyl (C=O) groups excluding carboxylic acids is 1. The molecule has 2 aromatic rings. The quantitative estimate of drug-likeness (QED) is 0.822. The van der Waals surface area contributed by atoms with Crippen molar-refractivity contribution in [1.29, 1.82) is 0 Å². The van der Waals surface area contributed by atoms with E-state index in [2.05, 4.69) is 10.2 Å². The van der Waals surface area contributed by atoms with Gasteiger partial charge in [-0.05, 0) is 43.0 Å². The highest BCUT2D eigenvalue weighted by Gasteiger charge is 2.33. The lowest BCUT2D eigenvalue weighted by atomic mass is 9.84. The summed E-state index contributed by atoms with van der Waals surface area (Å²) in [5.41, 5.74) is 2.09. The number of carbonyl (C=O) groups is 1. The predicted molar refractivity (Wildman–Crippen MR) is 104 cm³/mol. The SMILES string of the molecule is Cc1ccc(C2(O)CCN(CCNC(=O)Cc3cccc(F)c3)CC2)cc1. The molecule has 0 aliphatic carbocycles. The first-order chi connectivity index (χ1) is 12.9. The molecule has 0 aromatic heterocycles. The molecule has 2 aromatic carbocycles. The van der Waals surface area contributed by atoms with Gasteiger partial charge in [0.15, 0.2) is 0 Å². The van der Waals surface area contributed by atoms with Gasteiger partial charge in [-0.3, -0.25) is 4.79 Å². The van der Waals surface area contributed by atoms with E-state index in [-0.39, 0.29) is 18.1 Å². The van der Waals surface area contributed by atoms with Crippen LogP contribution in [-0.2, 0) is 16.8 Å². The van der Waals surface area contributed by atoms with E-state index in [9.17, 15) is 14.3 Å². The summed E-state index contributed by atoms with van der Waals surface area (Å²) in [6, 6.07) is 14.2. The lowest BCUT2D eigenvalue weighted by Gasteiger charge is -2.38. The van der Waals surface area contributed by atoms with Crippen LogP contribution in [0.25, 0.3) is 0 Å². The van der Waals surface area contributed by atoms with Crippen molar-refractivity contribution in [1.82, 2.24) is 10.2 Å². The molecule has 144 valence electrons. The third kappa shape index (κ3) is 5.37. The molecule has 3 rings (SSSR count). The summed E-state index contributed by atoms with van der Waals surface area (Å²) >= 11 is 0. The van der Waals surface area contributed by atoms with Crippen LogP contribution in [0.5, 0.6) is 0 Å². The highest BCUT2D eigenvalue weighted by molar-refractivity contribution is 5.78. The van der Waals surface area contributed by atoms with E-state index < -0.39 is 5.60 Å². The summed E-state index contributed by atoms with van der Waals surface area (Å²) < 4.78 is 13.2. The number of aliphatic hydroxyl groups is 1. The smallest absolute Gasteiger partial charge is 0.224 e. The number of rotatable bonds is 6. The van der Waals surface area contributed by atoms with Gasteiger partial charge in [0.05, 0.1) is 12.0 Å². The summed E-state index contributed by atoms with van der Waals surface area (Å²) in [5.74, 6) is -0.427. The van der Waals surface area contributed by atoms with E-state index in [1.807, 2.05) is 31.2 Å². The molecule has 1 fully saturated rings. The molecular formula is C22H27FN2O2. The monoisotopic (exact) mass is 370 g/mol. The third-order valence-corrected chi connectivity index (χ3v) is 5.28. The first kappa shape index (κ1) is 19.5. The summed E-state index contributed by atoms with van der Waals surface area (Å²) in [4.78, 5) is 14.2. The Kier molecular flexibility index (Phi) is 6.24. The van der Waals surface area contributed by atoms with Gasteiger partial charge in [0, 0.05) is 26.2 Å². The minimum Gasteiger partial charge on any atom is -0.385 e. The molecular weight excluding hydrogens is 343 g/mol. The van der Waals surface area contributed by atoms with E-state index in [0.717, 1.165) is 25.2 Å². The molecule has 0 unspecified atom stereocenters. The van der Waals surface area contributed by atoms with Crippen LogP contribution < -0.4 is 5.32 Å². The van der Waals surface area contributed by atoms with Crippen molar-refractivity contribution >= 4 is 5.91 Å². The minimum atomic E-state index is -0.759. The van der Waals surface area contributed by atoms with Crippen molar-refractivity contribution in [3.05, 3.63) is 71.0 Å². The van der Waals surface area contributed by atoms with Gasteiger partial charge in [-0.25, -0.2) is 4.39 Å². The van der Waals surface area contributed by atoms with Crippen LogP contribution >= 0.6 is 0 Å². The van der Waals surface area contributed by atoms with Gasteiger partial charge in [-0.2, -0.15) is 0 Å². The van der Waals surface area contributed by atoms with Crippen LogP contribution in [0.4, 0.5) is 4.39 Å². The Morgan fingerprint density at radius 1 is 1.19 bits per heavy atom. The van der Waals surface area contributed by atoms with Crippen molar-refractivity contribution in [2.24, 2.45) is 0 Å². The van der Waals surface area contributed by atoms with Gasteiger partial charge in [-0.15, -0.1) is 0 Å².